The Morgan fingerprint density at radius 3 is 2.57 bits per heavy atom. The average Bonchev–Trinajstić information content (AvgIpc) is 3.26. The third kappa shape index (κ3) is 4.04. The number of hydrogen-bond donors (Lipinski definition) is 3. The van der Waals surface area contributed by atoms with Gasteiger partial charge in [0.25, 0.3) is 5.91 Å². The summed E-state index contributed by atoms with van der Waals surface area (Å²) < 4.78 is 5.10. The molecule has 2 aromatic rings. The fourth-order valence-electron chi connectivity index (χ4n) is 2.54. The zero-order valence-electron chi connectivity index (χ0n) is 12.4. The van der Waals surface area contributed by atoms with E-state index in [0.717, 1.165) is 18.4 Å². The summed E-state index contributed by atoms with van der Waals surface area (Å²) >= 11 is 5.17. The molecule has 0 bridgehead atoms. The largest absolute Gasteiger partial charge is 0.423 e. The Labute approximate surface area is 138 Å². The van der Waals surface area contributed by atoms with Crippen molar-refractivity contribution in [2.75, 3.05) is 0 Å². The zero-order chi connectivity index (χ0) is 16.1. The van der Waals surface area contributed by atoms with Crippen LogP contribution in [0.15, 0.2) is 35.1 Å². The van der Waals surface area contributed by atoms with Crippen LogP contribution in [0.2, 0.25) is 0 Å². The Bertz CT molecular complexity index is 666. The van der Waals surface area contributed by atoms with Crippen LogP contribution in [-0.2, 0) is 0 Å². The number of hydrazine groups is 1. The van der Waals surface area contributed by atoms with Crippen LogP contribution in [-0.4, -0.2) is 27.3 Å². The van der Waals surface area contributed by atoms with Gasteiger partial charge in [-0.1, -0.05) is 12.8 Å². The van der Waals surface area contributed by atoms with E-state index in [1.54, 1.807) is 24.3 Å². The smallest absolute Gasteiger partial charge is 0.269 e. The Morgan fingerprint density at radius 2 is 1.91 bits per heavy atom. The highest BCUT2D eigenvalue weighted by atomic mass is 32.1. The number of benzene rings is 1. The van der Waals surface area contributed by atoms with E-state index in [1.807, 2.05) is 0 Å². The van der Waals surface area contributed by atoms with Crippen LogP contribution in [0.4, 0.5) is 0 Å². The summed E-state index contributed by atoms with van der Waals surface area (Å²) in [6.45, 7) is 0. The highest BCUT2D eigenvalue weighted by Crippen LogP contribution is 2.17. The number of carbonyl (C=O) groups is 1. The monoisotopic (exact) mass is 331 g/mol. The summed E-state index contributed by atoms with van der Waals surface area (Å²) in [5.74, 6) is 0.148. The molecule has 3 rings (SSSR count). The molecule has 1 aliphatic rings. The first-order valence-electron chi connectivity index (χ1n) is 7.46. The Hall–Kier alpha value is -2.48. The van der Waals surface area contributed by atoms with Crippen LogP contribution in [0.25, 0.3) is 11.5 Å². The molecule has 1 fully saturated rings. The van der Waals surface area contributed by atoms with E-state index in [2.05, 4.69) is 26.4 Å². The van der Waals surface area contributed by atoms with Gasteiger partial charge in [-0.25, -0.2) is 0 Å². The first-order chi connectivity index (χ1) is 11.2. The molecule has 8 heteroatoms. The van der Waals surface area contributed by atoms with E-state index in [0.29, 0.717) is 22.6 Å². The summed E-state index contributed by atoms with van der Waals surface area (Å²) in [6.07, 6.45) is 5.94. The molecule has 120 valence electrons. The van der Waals surface area contributed by atoms with Crippen molar-refractivity contribution in [3.05, 3.63) is 36.2 Å². The number of hydrogen-bond acceptors (Lipinski definition) is 5. The van der Waals surface area contributed by atoms with Crippen LogP contribution in [0, 0.1) is 0 Å². The fourth-order valence-corrected chi connectivity index (χ4v) is 2.76. The van der Waals surface area contributed by atoms with Crippen LogP contribution >= 0.6 is 12.2 Å². The van der Waals surface area contributed by atoms with Gasteiger partial charge in [-0.3, -0.25) is 15.6 Å². The molecule has 1 aromatic heterocycles. The highest BCUT2D eigenvalue weighted by Gasteiger charge is 2.15. The standard InChI is InChI=1S/C15H17N5O2S/c21-13(18-20-15(23)17-12-3-1-2-4-12)10-5-7-11(8-6-10)14-19-16-9-22-14/h5-9,12H,1-4H2,(H,18,21)(H2,17,20,23). The molecular formula is C15H17N5O2S. The Kier molecular flexibility index (Phi) is 4.82. The average molecular weight is 331 g/mol. The van der Waals surface area contributed by atoms with E-state index >= 15 is 0 Å². The number of nitrogens with zero attached hydrogens (tertiary/aromatic N) is 2. The van der Waals surface area contributed by atoms with E-state index < -0.39 is 0 Å². The molecule has 0 aliphatic heterocycles. The second-order valence-corrected chi connectivity index (χ2v) is 5.76. The third-order valence-electron chi connectivity index (χ3n) is 3.73. The molecule has 0 spiro atoms. The van der Waals surface area contributed by atoms with Crippen molar-refractivity contribution in [1.82, 2.24) is 26.4 Å². The normalized spacial score (nSPS) is 14.4. The number of nitrogens with one attached hydrogen (secondary N) is 3. The van der Waals surface area contributed by atoms with Gasteiger partial charge in [0.2, 0.25) is 12.3 Å². The van der Waals surface area contributed by atoms with Gasteiger partial charge in [-0.05, 0) is 49.3 Å². The minimum atomic E-state index is -0.266. The van der Waals surface area contributed by atoms with Crippen molar-refractivity contribution in [3.8, 4) is 11.5 Å². The molecule has 0 unspecified atom stereocenters. The number of aromatic nitrogens is 2. The Morgan fingerprint density at radius 1 is 1.17 bits per heavy atom. The topological polar surface area (TPSA) is 92.1 Å². The molecule has 3 N–H and O–H groups in total. The van der Waals surface area contributed by atoms with E-state index in [1.165, 1.54) is 19.2 Å². The number of carbonyl (C=O) groups excluding carboxylic acids is 1. The highest BCUT2D eigenvalue weighted by molar-refractivity contribution is 7.80. The first kappa shape index (κ1) is 15.4. The molecule has 23 heavy (non-hydrogen) atoms. The molecule has 7 nitrogen and oxygen atoms in total. The maximum Gasteiger partial charge on any atom is 0.269 e. The van der Waals surface area contributed by atoms with Gasteiger partial charge in [-0.15, -0.1) is 10.2 Å². The predicted molar refractivity (Wildman–Crippen MR) is 88.3 cm³/mol. The number of amides is 1. The second kappa shape index (κ2) is 7.19. The van der Waals surface area contributed by atoms with Crippen molar-refractivity contribution >= 4 is 23.2 Å². The molecule has 1 aromatic carbocycles. The molecule has 1 amide bonds. The van der Waals surface area contributed by atoms with Crippen molar-refractivity contribution in [2.24, 2.45) is 0 Å². The van der Waals surface area contributed by atoms with Crippen molar-refractivity contribution < 1.29 is 9.21 Å². The van der Waals surface area contributed by atoms with E-state index in [4.69, 9.17) is 16.6 Å². The molecule has 1 saturated carbocycles. The fraction of sp³-hybridized carbons (Fsp3) is 0.333. The van der Waals surface area contributed by atoms with Gasteiger partial charge in [0.1, 0.15) is 0 Å². The number of rotatable bonds is 3. The molecule has 0 atom stereocenters. The van der Waals surface area contributed by atoms with Crippen molar-refractivity contribution in [3.63, 3.8) is 0 Å². The van der Waals surface area contributed by atoms with E-state index in [-0.39, 0.29) is 5.91 Å². The van der Waals surface area contributed by atoms with Gasteiger partial charge in [0.05, 0.1) is 0 Å². The summed E-state index contributed by atoms with van der Waals surface area (Å²) in [7, 11) is 0. The van der Waals surface area contributed by atoms with Crippen LogP contribution in [0.5, 0.6) is 0 Å². The minimum absolute atomic E-state index is 0.266. The van der Waals surface area contributed by atoms with Gasteiger partial charge in [-0.2, -0.15) is 0 Å². The van der Waals surface area contributed by atoms with Gasteiger partial charge < -0.3 is 9.73 Å². The molecule has 1 heterocycles. The predicted octanol–water partition coefficient (Wildman–Crippen LogP) is 1.79. The zero-order valence-corrected chi connectivity index (χ0v) is 13.2. The quantitative estimate of drug-likeness (QED) is 0.583. The molecular weight excluding hydrogens is 314 g/mol. The SMILES string of the molecule is O=C(NNC(=S)NC1CCCC1)c1ccc(-c2nnco2)cc1. The third-order valence-corrected chi connectivity index (χ3v) is 3.95. The number of thiocarbonyl (C=S) groups is 1. The minimum Gasteiger partial charge on any atom is -0.423 e. The summed E-state index contributed by atoms with van der Waals surface area (Å²) in [5.41, 5.74) is 6.57. The van der Waals surface area contributed by atoms with Gasteiger partial charge >= 0.3 is 0 Å². The Balaban J connectivity index is 1.50. The lowest BCUT2D eigenvalue weighted by molar-refractivity contribution is 0.0943. The summed E-state index contributed by atoms with van der Waals surface area (Å²) in [5, 5.41) is 11.1. The lowest BCUT2D eigenvalue weighted by Crippen LogP contribution is -2.49. The van der Waals surface area contributed by atoms with Crippen molar-refractivity contribution in [1.29, 1.82) is 0 Å². The lowest BCUT2D eigenvalue weighted by atomic mass is 10.1. The van der Waals surface area contributed by atoms with Crippen molar-refractivity contribution in [2.45, 2.75) is 31.7 Å². The molecule has 0 saturated heterocycles. The maximum atomic E-state index is 12.1. The summed E-state index contributed by atoms with van der Waals surface area (Å²) in [4.78, 5) is 12.1. The lowest BCUT2D eigenvalue weighted by Gasteiger charge is -2.16. The van der Waals surface area contributed by atoms with Crippen LogP contribution in [0.3, 0.4) is 0 Å². The summed E-state index contributed by atoms with van der Waals surface area (Å²) in [6, 6.07) is 7.27. The second-order valence-electron chi connectivity index (χ2n) is 5.36. The van der Waals surface area contributed by atoms with E-state index in [9.17, 15) is 4.79 Å². The van der Waals surface area contributed by atoms with Gasteiger partial charge in [0.15, 0.2) is 5.11 Å². The molecule has 0 radical (unpaired) electrons. The first-order valence-corrected chi connectivity index (χ1v) is 7.86. The maximum absolute atomic E-state index is 12.1. The van der Waals surface area contributed by atoms with Gasteiger partial charge in [0, 0.05) is 17.2 Å². The van der Waals surface area contributed by atoms with Crippen LogP contribution < -0.4 is 16.2 Å². The molecule has 1 aliphatic carbocycles. The van der Waals surface area contributed by atoms with Crippen LogP contribution in [0.1, 0.15) is 36.0 Å².